The lowest BCUT2D eigenvalue weighted by Gasteiger charge is -2.35. The number of pyridine rings is 1. The number of hydrogen-bond acceptors (Lipinski definition) is 9. The van der Waals surface area contributed by atoms with Crippen molar-refractivity contribution in [3.63, 3.8) is 0 Å². The number of aromatic hydroxyl groups is 1. The van der Waals surface area contributed by atoms with Gasteiger partial charge in [-0.3, -0.25) is 4.79 Å². The Morgan fingerprint density at radius 3 is 2.36 bits per heavy atom. The fourth-order valence-corrected chi connectivity index (χ4v) is 6.13. The summed E-state index contributed by atoms with van der Waals surface area (Å²) in [4.78, 5) is 31.4. The van der Waals surface area contributed by atoms with Crippen molar-refractivity contribution in [2.75, 3.05) is 58.3 Å². The molecule has 2 aromatic carbocycles. The Morgan fingerprint density at radius 1 is 1.11 bits per heavy atom. The molecule has 10 nitrogen and oxygen atoms in total. The van der Waals surface area contributed by atoms with Crippen LogP contribution < -0.4 is 9.64 Å². The average molecular weight is 699 g/mol. The van der Waals surface area contributed by atoms with Gasteiger partial charge in [0.05, 0.1) is 17.7 Å². The minimum Gasteiger partial charge on any atom is -0.508 e. The molecule has 13 heteroatoms. The first kappa shape index (κ1) is 33.8. The number of likely N-dealkylation sites (tertiary alicyclic amines) is 1. The van der Waals surface area contributed by atoms with Crippen LogP contribution >= 0.6 is 27.5 Å². The standard InChI is InChI=1S/C25H20BrClFN5O3.C5H11N.C2H3N/c1-13(28)24(35)33-8-6-32(7-9-33)23-22-21(30-25(31-23)36-2)20(26)17(12-29-22)16-11-15(34)10-14-4-3-5-18(27)19(14)16;1-6-4-2-3-5-6;1-2-3/h3-5,10-12,34H,1,6-9H2,2H3;2-5H2,1H3;1H3. The summed E-state index contributed by atoms with van der Waals surface area (Å²) >= 11 is 10.2. The Balaban J connectivity index is 0.000000446. The van der Waals surface area contributed by atoms with Gasteiger partial charge in [-0.25, -0.2) is 9.37 Å². The van der Waals surface area contributed by atoms with Gasteiger partial charge >= 0.3 is 6.01 Å². The number of methoxy groups -OCH3 is 1. The van der Waals surface area contributed by atoms with Gasteiger partial charge in [0.2, 0.25) is 0 Å². The van der Waals surface area contributed by atoms with Crippen molar-refractivity contribution in [1.82, 2.24) is 24.8 Å². The van der Waals surface area contributed by atoms with Gasteiger partial charge in [0.15, 0.2) is 11.6 Å². The molecule has 1 amide bonds. The molecule has 2 saturated heterocycles. The second-order valence-electron chi connectivity index (χ2n) is 10.5. The molecule has 2 aromatic heterocycles. The van der Waals surface area contributed by atoms with Crippen molar-refractivity contribution >= 4 is 61.1 Å². The second kappa shape index (κ2) is 15.3. The summed E-state index contributed by atoms with van der Waals surface area (Å²) in [6.45, 7) is 8.62. The van der Waals surface area contributed by atoms with Crippen LogP contribution in [-0.4, -0.2) is 89.2 Å². The third-order valence-corrected chi connectivity index (χ3v) is 8.54. The van der Waals surface area contributed by atoms with Crippen molar-refractivity contribution < 1.29 is 19.0 Å². The highest BCUT2D eigenvalue weighted by Gasteiger charge is 2.27. The Labute approximate surface area is 274 Å². The molecule has 4 heterocycles. The summed E-state index contributed by atoms with van der Waals surface area (Å²) < 4.78 is 19.3. The average Bonchev–Trinajstić information content (AvgIpc) is 3.51. The molecule has 2 fully saturated rings. The van der Waals surface area contributed by atoms with Gasteiger partial charge in [-0.1, -0.05) is 30.3 Å². The van der Waals surface area contributed by atoms with E-state index in [0.717, 1.165) is 10.8 Å². The summed E-state index contributed by atoms with van der Waals surface area (Å²) in [5, 5.41) is 19.8. The number of ether oxygens (including phenoxy) is 1. The Morgan fingerprint density at radius 2 is 1.78 bits per heavy atom. The predicted molar refractivity (Wildman–Crippen MR) is 178 cm³/mol. The van der Waals surface area contributed by atoms with Crippen LogP contribution in [0, 0.1) is 11.3 Å². The van der Waals surface area contributed by atoms with Gasteiger partial charge in [-0.15, -0.1) is 0 Å². The summed E-state index contributed by atoms with van der Waals surface area (Å²) in [6.07, 6.45) is 4.50. The number of phenols is 1. The van der Waals surface area contributed by atoms with Crippen LogP contribution in [0.25, 0.3) is 32.9 Å². The molecule has 45 heavy (non-hydrogen) atoms. The van der Waals surface area contributed by atoms with Crippen LogP contribution in [-0.2, 0) is 4.79 Å². The zero-order chi connectivity index (χ0) is 32.7. The van der Waals surface area contributed by atoms with Crippen LogP contribution in [0.4, 0.5) is 10.2 Å². The number of hydrogen-bond donors (Lipinski definition) is 1. The topological polar surface area (TPSA) is 119 Å². The number of nitrogens with zero attached hydrogens (tertiary/aromatic N) is 7. The predicted octanol–water partition coefficient (Wildman–Crippen LogP) is 6.35. The molecule has 4 aromatic rings. The molecule has 0 spiro atoms. The monoisotopic (exact) mass is 697 g/mol. The zero-order valence-electron chi connectivity index (χ0n) is 25.4. The van der Waals surface area contributed by atoms with Crippen LogP contribution in [0.5, 0.6) is 11.8 Å². The molecular formula is C32H34BrClFN7O3. The van der Waals surface area contributed by atoms with Gasteiger partial charge in [-0.05, 0) is 78.1 Å². The maximum atomic E-state index is 13.3. The molecule has 236 valence electrons. The van der Waals surface area contributed by atoms with Gasteiger partial charge in [0.25, 0.3) is 5.91 Å². The number of anilines is 1. The van der Waals surface area contributed by atoms with E-state index in [9.17, 15) is 14.3 Å². The van der Waals surface area contributed by atoms with Crippen molar-refractivity contribution in [3.05, 3.63) is 58.4 Å². The third-order valence-electron chi connectivity index (χ3n) is 7.42. The van der Waals surface area contributed by atoms with Crippen molar-refractivity contribution in [2.24, 2.45) is 0 Å². The second-order valence-corrected chi connectivity index (χ2v) is 11.7. The molecule has 0 unspecified atom stereocenters. The number of aromatic nitrogens is 3. The number of halogens is 3. The van der Waals surface area contributed by atoms with E-state index in [0.29, 0.717) is 63.7 Å². The maximum Gasteiger partial charge on any atom is 0.318 e. The van der Waals surface area contributed by atoms with E-state index in [2.05, 4.69) is 49.4 Å². The fourth-order valence-electron chi connectivity index (χ4n) is 5.25. The lowest BCUT2D eigenvalue weighted by Crippen LogP contribution is -2.49. The van der Waals surface area contributed by atoms with Gasteiger partial charge in [0, 0.05) is 55.3 Å². The first-order valence-electron chi connectivity index (χ1n) is 14.3. The lowest BCUT2D eigenvalue weighted by atomic mass is 9.98. The van der Waals surface area contributed by atoms with Crippen LogP contribution in [0.2, 0.25) is 5.02 Å². The quantitative estimate of drug-likeness (QED) is 0.243. The molecule has 0 radical (unpaired) electrons. The number of rotatable bonds is 4. The van der Waals surface area contributed by atoms with Crippen molar-refractivity contribution in [2.45, 2.75) is 19.8 Å². The van der Waals surface area contributed by atoms with E-state index in [1.54, 1.807) is 30.5 Å². The molecule has 0 atom stereocenters. The summed E-state index contributed by atoms with van der Waals surface area (Å²) in [5.74, 6) is -1.05. The molecule has 1 N–H and O–H groups in total. The lowest BCUT2D eigenvalue weighted by molar-refractivity contribution is -0.128. The van der Waals surface area contributed by atoms with E-state index in [1.165, 1.54) is 44.9 Å². The highest BCUT2D eigenvalue weighted by molar-refractivity contribution is 9.10. The number of carbonyl (C=O) groups excluding carboxylic acids is 1. The Kier molecular flexibility index (Phi) is 11.5. The van der Waals surface area contributed by atoms with Gasteiger partial charge < -0.3 is 24.5 Å². The molecule has 6 rings (SSSR count). The van der Waals surface area contributed by atoms with E-state index < -0.39 is 11.7 Å². The highest BCUT2D eigenvalue weighted by atomic mass is 79.9. The summed E-state index contributed by atoms with van der Waals surface area (Å²) in [5.41, 5.74) is 2.40. The normalized spacial score (nSPS) is 14.7. The van der Waals surface area contributed by atoms with Crippen LogP contribution in [0.3, 0.4) is 0 Å². The number of benzene rings is 2. The number of phenolic OH excluding ortho intramolecular Hbond substituents is 1. The van der Waals surface area contributed by atoms with Crippen LogP contribution in [0.1, 0.15) is 19.8 Å². The largest absolute Gasteiger partial charge is 0.508 e. The van der Waals surface area contributed by atoms with Crippen molar-refractivity contribution in [3.8, 4) is 29.0 Å². The summed E-state index contributed by atoms with van der Waals surface area (Å²) in [6, 6.07) is 10.7. The first-order chi connectivity index (χ1) is 21.6. The molecular weight excluding hydrogens is 665 g/mol. The number of fused-ring (bicyclic) bond motifs is 2. The molecule has 2 aliphatic heterocycles. The smallest absolute Gasteiger partial charge is 0.318 e. The van der Waals surface area contributed by atoms with Crippen molar-refractivity contribution in [1.29, 1.82) is 5.26 Å². The molecule has 2 aliphatic rings. The Bertz CT molecular complexity index is 1750. The molecule has 0 aliphatic carbocycles. The molecule has 0 saturated carbocycles. The van der Waals surface area contributed by atoms with E-state index in [4.69, 9.17) is 21.6 Å². The number of amides is 1. The van der Waals surface area contributed by atoms with Gasteiger partial charge in [-0.2, -0.15) is 15.2 Å². The number of carbonyl (C=O) groups is 1. The Hall–Kier alpha value is -4.05. The maximum absolute atomic E-state index is 13.3. The van der Waals surface area contributed by atoms with Crippen LogP contribution in [0.15, 0.2) is 53.4 Å². The molecule has 0 bridgehead atoms. The highest BCUT2D eigenvalue weighted by Crippen LogP contribution is 2.42. The number of nitriles is 1. The minimum absolute atomic E-state index is 0.0936. The third kappa shape index (κ3) is 7.79. The zero-order valence-corrected chi connectivity index (χ0v) is 27.7. The van der Waals surface area contributed by atoms with E-state index in [-0.39, 0.29) is 11.8 Å². The SMILES string of the molecule is C=C(F)C(=O)N1CCN(c2nc(OC)nc3c(Br)c(-c4cc(O)cc5cccc(Cl)c45)cnc23)CC1.CC#N.CN1CCCC1. The first-order valence-corrected chi connectivity index (χ1v) is 15.5. The summed E-state index contributed by atoms with van der Waals surface area (Å²) in [7, 11) is 3.65. The van der Waals surface area contributed by atoms with E-state index in [1.807, 2.05) is 17.0 Å². The van der Waals surface area contributed by atoms with E-state index >= 15 is 0 Å². The minimum atomic E-state index is -0.977. The van der Waals surface area contributed by atoms with Gasteiger partial charge in [0.1, 0.15) is 16.8 Å². The fraction of sp³-hybridized carbons (Fsp3) is 0.344. The number of piperazine rings is 1.